The Balaban J connectivity index is 1.44. The number of hydrogen-bond acceptors (Lipinski definition) is 5. The summed E-state index contributed by atoms with van der Waals surface area (Å²) in [7, 11) is -3.88. The number of amides is 1. The Kier molecular flexibility index (Phi) is 9.11. The number of hydrazone groups is 1. The molecule has 0 bridgehead atoms. The molecule has 0 aliphatic carbocycles. The van der Waals surface area contributed by atoms with E-state index >= 15 is 0 Å². The molecule has 2 N–H and O–H groups in total. The van der Waals surface area contributed by atoms with Gasteiger partial charge < -0.3 is 4.74 Å². The number of para-hydroxylation sites is 1. The van der Waals surface area contributed by atoms with Gasteiger partial charge in [0.2, 0.25) is 10.0 Å². The number of nitrogens with one attached hydrogen (secondary N) is 2. The third kappa shape index (κ3) is 7.52. The van der Waals surface area contributed by atoms with Gasteiger partial charge >= 0.3 is 0 Å². The molecule has 0 aromatic heterocycles. The summed E-state index contributed by atoms with van der Waals surface area (Å²) in [5.74, 6) is 0.153. The topological polar surface area (TPSA) is 96.9 Å². The second-order valence-corrected chi connectivity index (χ2v) is 11.5. The van der Waals surface area contributed by atoms with Gasteiger partial charge in [0.15, 0.2) is 0 Å². The van der Waals surface area contributed by atoms with E-state index in [1.54, 1.807) is 12.1 Å². The van der Waals surface area contributed by atoms with Gasteiger partial charge in [0, 0.05) is 5.56 Å². The summed E-state index contributed by atoms with van der Waals surface area (Å²) in [5.41, 5.74) is 5.18. The third-order valence-electron chi connectivity index (χ3n) is 6.21. The van der Waals surface area contributed by atoms with Crippen LogP contribution in [0.3, 0.4) is 0 Å². The molecule has 0 aliphatic rings. The molecule has 1 atom stereocenters. The van der Waals surface area contributed by atoms with E-state index in [4.69, 9.17) is 4.74 Å². The molecule has 4 rings (SSSR count). The van der Waals surface area contributed by atoms with Crippen LogP contribution in [0.5, 0.6) is 5.75 Å². The first-order valence-corrected chi connectivity index (χ1v) is 14.3. The molecule has 0 unspecified atom stereocenters. The first-order chi connectivity index (χ1) is 18.7. The highest BCUT2D eigenvalue weighted by Gasteiger charge is 2.26. The predicted octanol–water partition coefficient (Wildman–Crippen LogP) is 5.57. The van der Waals surface area contributed by atoms with Crippen LogP contribution in [0.2, 0.25) is 0 Å². The minimum atomic E-state index is -3.88. The average molecular weight is 544 g/mol. The molecule has 7 nitrogen and oxygen atoms in total. The maximum atomic E-state index is 13.0. The quantitative estimate of drug-likeness (QED) is 0.191. The fourth-order valence-electron chi connectivity index (χ4n) is 4.19. The fraction of sp³-hybridized carbons (Fsp3) is 0.226. The molecule has 0 saturated carbocycles. The summed E-state index contributed by atoms with van der Waals surface area (Å²) >= 11 is 0. The van der Waals surface area contributed by atoms with Crippen LogP contribution >= 0.6 is 0 Å². The van der Waals surface area contributed by atoms with Crippen LogP contribution in [-0.2, 0) is 21.4 Å². The van der Waals surface area contributed by atoms with Crippen LogP contribution in [0.4, 0.5) is 0 Å². The molecule has 0 saturated heterocycles. The van der Waals surface area contributed by atoms with Crippen LogP contribution in [0.25, 0.3) is 10.8 Å². The van der Waals surface area contributed by atoms with E-state index < -0.39 is 22.0 Å². The number of carbonyl (C=O) groups excluding carboxylic acids is 1. The summed E-state index contributed by atoms with van der Waals surface area (Å²) < 4.78 is 34.5. The highest BCUT2D eigenvalue weighted by molar-refractivity contribution is 7.89. The maximum absolute atomic E-state index is 13.0. The van der Waals surface area contributed by atoms with E-state index in [-0.39, 0.29) is 10.8 Å². The van der Waals surface area contributed by atoms with Crippen LogP contribution in [-0.4, -0.2) is 26.6 Å². The summed E-state index contributed by atoms with van der Waals surface area (Å²) in [6.45, 7) is 6.10. The number of nitrogens with zero attached hydrogens (tertiary/aromatic N) is 1. The van der Waals surface area contributed by atoms with Gasteiger partial charge in [-0.25, -0.2) is 13.8 Å². The van der Waals surface area contributed by atoms with Gasteiger partial charge in [-0.1, -0.05) is 86.1 Å². The van der Waals surface area contributed by atoms with Crippen molar-refractivity contribution in [3.63, 3.8) is 0 Å². The Labute approximate surface area is 230 Å². The van der Waals surface area contributed by atoms with Crippen molar-refractivity contribution < 1.29 is 17.9 Å². The zero-order valence-electron chi connectivity index (χ0n) is 22.3. The number of carbonyl (C=O) groups is 1. The summed E-state index contributed by atoms with van der Waals surface area (Å²) in [6.07, 6.45) is 1.81. The molecule has 202 valence electrons. The molecule has 8 heteroatoms. The van der Waals surface area contributed by atoms with Crippen molar-refractivity contribution in [2.45, 2.75) is 44.7 Å². The SMILES string of the molecule is Cc1ccc(S(=O)(=O)N[C@@H](CC(C)C)C(=O)N/N=C\c2ccccc2OCc2cccc3ccccc23)cc1. The van der Waals surface area contributed by atoms with Crippen molar-refractivity contribution >= 4 is 32.9 Å². The van der Waals surface area contributed by atoms with E-state index in [2.05, 4.69) is 33.4 Å². The van der Waals surface area contributed by atoms with E-state index in [0.29, 0.717) is 24.3 Å². The number of ether oxygens (including phenoxy) is 1. The second kappa shape index (κ2) is 12.7. The van der Waals surface area contributed by atoms with Crippen molar-refractivity contribution in [2.24, 2.45) is 11.0 Å². The number of fused-ring (bicyclic) bond motifs is 1. The first-order valence-electron chi connectivity index (χ1n) is 12.8. The Hall–Kier alpha value is -4.01. The Morgan fingerprint density at radius 1 is 0.923 bits per heavy atom. The Bertz CT molecular complexity index is 1560. The number of benzene rings is 4. The molecule has 0 fully saturated rings. The molecule has 0 spiro atoms. The van der Waals surface area contributed by atoms with Crippen molar-refractivity contribution in [3.05, 3.63) is 108 Å². The largest absolute Gasteiger partial charge is 0.488 e. The lowest BCUT2D eigenvalue weighted by Gasteiger charge is -2.19. The van der Waals surface area contributed by atoms with Crippen molar-refractivity contribution in [3.8, 4) is 5.75 Å². The molecule has 0 radical (unpaired) electrons. The summed E-state index contributed by atoms with van der Waals surface area (Å²) in [4.78, 5) is 13.1. The lowest BCUT2D eigenvalue weighted by atomic mass is 10.0. The number of sulfonamides is 1. The minimum absolute atomic E-state index is 0.0774. The van der Waals surface area contributed by atoms with E-state index in [1.807, 2.05) is 69.3 Å². The van der Waals surface area contributed by atoms with E-state index in [1.165, 1.54) is 18.3 Å². The maximum Gasteiger partial charge on any atom is 0.258 e. The molecule has 4 aromatic rings. The normalized spacial score (nSPS) is 12.6. The summed E-state index contributed by atoms with van der Waals surface area (Å²) in [6, 6.07) is 27.1. The Morgan fingerprint density at radius 2 is 1.62 bits per heavy atom. The average Bonchev–Trinajstić information content (AvgIpc) is 2.92. The molecular weight excluding hydrogens is 510 g/mol. The highest BCUT2D eigenvalue weighted by Crippen LogP contribution is 2.22. The molecule has 4 aromatic carbocycles. The summed E-state index contributed by atoms with van der Waals surface area (Å²) in [5, 5.41) is 6.38. The first kappa shape index (κ1) is 28.0. The monoisotopic (exact) mass is 543 g/mol. The number of aryl methyl sites for hydroxylation is 1. The highest BCUT2D eigenvalue weighted by atomic mass is 32.2. The van der Waals surface area contributed by atoms with Gasteiger partial charge in [-0.15, -0.1) is 0 Å². The van der Waals surface area contributed by atoms with Gasteiger partial charge in [0.05, 0.1) is 11.1 Å². The van der Waals surface area contributed by atoms with E-state index in [0.717, 1.165) is 21.9 Å². The fourth-order valence-corrected chi connectivity index (χ4v) is 5.40. The van der Waals surface area contributed by atoms with E-state index in [9.17, 15) is 13.2 Å². The van der Waals surface area contributed by atoms with Gasteiger partial charge in [-0.05, 0) is 59.9 Å². The van der Waals surface area contributed by atoms with Gasteiger partial charge in [-0.2, -0.15) is 9.82 Å². The van der Waals surface area contributed by atoms with Crippen molar-refractivity contribution in [1.82, 2.24) is 10.1 Å². The molecular formula is C31H33N3O4S. The zero-order valence-corrected chi connectivity index (χ0v) is 23.1. The van der Waals surface area contributed by atoms with Gasteiger partial charge in [-0.3, -0.25) is 4.79 Å². The molecule has 1 amide bonds. The predicted molar refractivity (Wildman–Crippen MR) is 155 cm³/mol. The number of hydrogen-bond donors (Lipinski definition) is 2. The van der Waals surface area contributed by atoms with Crippen LogP contribution in [0.15, 0.2) is 101 Å². The van der Waals surface area contributed by atoms with Crippen LogP contribution < -0.4 is 14.9 Å². The van der Waals surface area contributed by atoms with Gasteiger partial charge in [0.1, 0.15) is 18.4 Å². The lowest BCUT2D eigenvalue weighted by molar-refractivity contribution is -0.123. The lowest BCUT2D eigenvalue weighted by Crippen LogP contribution is -2.46. The smallest absolute Gasteiger partial charge is 0.258 e. The number of rotatable bonds is 11. The van der Waals surface area contributed by atoms with Crippen LogP contribution in [0, 0.1) is 12.8 Å². The Morgan fingerprint density at radius 3 is 2.38 bits per heavy atom. The van der Waals surface area contributed by atoms with Crippen molar-refractivity contribution in [1.29, 1.82) is 0 Å². The zero-order chi connectivity index (χ0) is 27.8. The molecule has 39 heavy (non-hydrogen) atoms. The van der Waals surface area contributed by atoms with Gasteiger partial charge in [0.25, 0.3) is 5.91 Å². The van der Waals surface area contributed by atoms with Crippen molar-refractivity contribution in [2.75, 3.05) is 0 Å². The second-order valence-electron chi connectivity index (χ2n) is 9.82. The standard InChI is InChI=1S/C31H33N3O4S/c1-22(2)19-29(34-39(36,37)27-17-15-23(3)16-18-27)31(35)33-32-20-25-10-5-7-14-30(25)38-21-26-12-8-11-24-9-4-6-13-28(24)26/h4-18,20,22,29,34H,19,21H2,1-3H3,(H,33,35)/b32-20-/t29-/m0/s1. The van der Waals surface area contributed by atoms with Crippen LogP contribution in [0.1, 0.15) is 37.0 Å². The molecule has 0 heterocycles. The minimum Gasteiger partial charge on any atom is -0.488 e. The third-order valence-corrected chi connectivity index (χ3v) is 7.70. The molecule has 0 aliphatic heterocycles.